The molecule has 0 spiro atoms. The predicted molar refractivity (Wildman–Crippen MR) is 278 cm³/mol. The molecular weight excluding hydrogens is 1010 g/mol. The van der Waals surface area contributed by atoms with Crippen LogP contribution in [0.15, 0.2) is 110 Å². The van der Waals surface area contributed by atoms with Crippen LogP contribution in [0.3, 0.4) is 0 Å². The molecule has 11 N–H and O–H groups in total. The van der Waals surface area contributed by atoms with E-state index in [0.29, 0.717) is 0 Å². The van der Waals surface area contributed by atoms with Crippen LogP contribution in [0, 0.1) is 17.8 Å². The summed E-state index contributed by atoms with van der Waals surface area (Å²) in [5.74, 6) is -7.36. The van der Waals surface area contributed by atoms with Gasteiger partial charge in [0.15, 0.2) is 12.1 Å². The van der Waals surface area contributed by atoms with Gasteiger partial charge < -0.3 is 89.5 Å². The van der Waals surface area contributed by atoms with E-state index in [2.05, 4.69) is 18.5 Å². The number of hydrogen-bond acceptors (Lipinski definition) is 20. The molecule has 0 aliphatic carbocycles. The molecule has 3 heterocycles. The van der Waals surface area contributed by atoms with Gasteiger partial charge in [-0.15, -0.1) is 0 Å². The number of nitrogens with one attached hydrogen (secondary N) is 1. The number of amides is 1. The first kappa shape index (κ1) is 65.9. The van der Waals surface area contributed by atoms with Gasteiger partial charge in [0.25, 0.3) is 0 Å². The van der Waals surface area contributed by atoms with Crippen LogP contribution in [0.2, 0.25) is 0 Å². The van der Waals surface area contributed by atoms with Gasteiger partial charge in [0.2, 0.25) is 0 Å². The molecule has 22 nitrogen and oxygen atoms in total. The molecule has 3 aliphatic heterocycles. The lowest BCUT2D eigenvalue weighted by Crippen LogP contribution is -2.64. The average molecular weight is 1090 g/mol. The quantitative estimate of drug-likeness (QED) is 0.0898. The topological polar surface area (TPSA) is 347 Å². The molecule has 1 amide bonds. The van der Waals surface area contributed by atoms with Gasteiger partial charge in [-0.25, -0.2) is 9.59 Å². The molecule has 0 saturated carbocycles. The Hall–Kier alpha value is -5.34. The number of fused-ring (bicyclic) bond motifs is 2. The predicted octanol–water partition coefficient (Wildman–Crippen LogP) is 3.01. The molecule has 432 valence electrons. The summed E-state index contributed by atoms with van der Waals surface area (Å²) < 4.78 is 39.0. The second-order valence-electron chi connectivity index (χ2n) is 19.5. The summed E-state index contributed by atoms with van der Waals surface area (Å²) in [6.07, 6.45) is 0.695. The fourth-order valence-electron chi connectivity index (χ4n) is 8.79. The van der Waals surface area contributed by atoms with Crippen molar-refractivity contribution in [3.8, 4) is 0 Å². The molecule has 2 fully saturated rings. The van der Waals surface area contributed by atoms with Crippen molar-refractivity contribution in [2.75, 3.05) is 13.2 Å². The van der Waals surface area contributed by atoms with Gasteiger partial charge in [-0.1, -0.05) is 124 Å². The maximum atomic E-state index is 13.1. The van der Waals surface area contributed by atoms with E-state index in [1.807, 2.05) is 6.92 Å². The van der Waals surface area contributed by atoms with Crippen LogP contribution in [0.25, 0.3) is 0 Å². The number of carboxylic acid groups (broad SMARTS) is 1. The van der Waals surface area contributed by atoms with Gasteiger partial charge in [-0.3, -0.25) is 9.59 Å². The molecule has 0 radical (unpaired) electrons. The number of aliphatic carboxylic acids is 1. The van der Waals surface area contributed by atoms with Crippen LogP contribution in [-0.2, 0) is 42.7 Å². The zero-order chi connectivity index (χ0) is 57.2. The minimum atomic E-state index is -2.50. The number of carbonyl (C=O) groups excluding carboxylic acids is 3. The number of alkyl carbamates (subject to hydrolysis) is 1. The monoisotopic (exact) mass is 1090 g/mol. The van der Waals surface area contributed by atoms with Crippen LogP contribution in [0.5, 0.6) is 0 Å². The number of esters is 1. The third kappa shape index (κ3) is 23.3. The molecule has 2 saturated heterocycles. The van der Waals surface area contributed by atoms with Gasteiger partial charge in [0, 0.05) is 37.5 Å². The lowest BCUT2D eigenvalue weighted by Gasteiger charge is -2.46. The van der Waals surface area contributed by atoms with E-state index >= 15 is 0 Å². The molecule has 0 aromatic carbocycles. The largest absolute Gasteiger partial charge is 0.508 e. The second-order valence-corrected chi connectivity index (χ2v) is 19.5. The number of allylic oxidation sites excluding steroid dienone is 12. The lowest BCUT2D eigenvalue weighted by molar-refractivity contribution is -0.309. The number of ether oxygens (including phenoxy) is 7. The van der Waals surface area contributed by atoms with E-state index in [1.54, 1.807) is 86.8 Å². The van der Waals surface area contributed by atoms with Crippen molar-refractivity contribution in [1.29, 1.82) is 0 Å². The first-order valence-corrected chi connectivity index (χ1v) is 25.7. The van der Waals surface area contributed by atoms with Gasteiger partial charge in [0.05, 0.1) is 67.4 Å². The summed E-state index contributed by atoms with van der Waals surface area (Å²) in [5.41, 5.74) is 0. The maximum absolute atomic E-state index is 13.1. The molecule has 2 bridgehead atoms. The van der Waals surface area contributed by atoms with Crippen molar-refractivity contribution in [2.24, 2.45) is 17.8 Å². The van der Waals surface area contributed by atoms with Crippen molar-refractivity contribution >= 4 is 24.2 Å². The fourth-order valence-corrected chi connectivity index (χ4v) is 8.79. The van der Waals surface area contributed by atoms with Gasteiger partial charge >= 0.3 is 24.2 Å². The first-order chi connectivity index (χ1) is 36.5. The van der Waals surface area contributed by atoms with Crippen molar-refractivity contribution in [1.82, 2.24) is 5.32 Å². The Morgan fingerprint density at radius 1 is 0.701 bits per heavy atom. The van der Waals surface area contributed by atoms with E-state index in [1.165, 1.54) is 31.2 Å². The number of carboxylic acids is 1. The van der Waals surface area contributed by atoms with E-state index in [0.717, 1.165) is 0 Å². The molecule has 19 atom stereocenters. The van der Waals surface area contributed by atoms with Crippen molar-refractivity contribution in [3.63, 3.8) is 0 Å². The Bertz CT molecular complexity index is 2070. The van der Waals surface area contributed by atoms with E-state index in [9.17, 15) is 70.2 Å². The molecule has 22 heteroatoms. The fraction of sp³-hybridized carbons (Fsp3) is 0.600. The van der Waals surface area contributed by atoms with Crippen LogP contribution in [0.1, 0.15) is 79.1 Å². The molecule has 3 aliphatic rings. The molecule has 77 heavy (non-hydrogen) atoms. The molecule has 3 rings (SSSR count). The Morgan fingerprint density at radius 3 is 1.88 bits per heavy atom. The zero-order valence-corrected chi connectivity index (χ0v) is 44.1. The molecule has 0 aromatic heterocycles. The van der Waals surface area contributed by atoms with Crippen LogP contribution < -0.4 is 5.32 Å². The standard InChI is InChI=1S/C55H81NO21/c1-7-25-71-53(68)56-47-49(64)36(6)74-52(50(47)65)75-40-22-20-18-16-14-12-10-9-11-13-15-17-19-21-33(3)48(63)34(4)35(5)73-45(62)29-38(58)27-37(57)23-24-41(60)42(61)28-39(59)31-55(70)32-44(76-54(69)72-26-8-2)46(51(66)67)43(30-40)77-55/h7-22,33-44,46-50,52,57-61,63-65,70H,1-2,23-32H2,3-6H3,(H,56,68)(H,66,67)/b10-9+,13-11+,14-12+,17-15+,18-16+,21-19+,22-20+/t33?,34-,35-,36+,37+,38+,39-,40-,41+,42+,43-,44-,46-,47-,48+,49+,50-,52-,55+/m0/s1. The molecular formula is C55H81NO21. The number of rotatable bonds is 9. The number of carbonyl (C=O) groups is 4. The van der Waals surface area contributed by atoms with E-state index in [4.69, 9.17) is 33.2 Å². The minimum Gasteiger partial charge on any atom is -0.481 e. The zero-order valence-electron chi connectivity index (χ0n) is 44.1. The Balaban J connectivity index is 2.02. The smallest absolute Gasteiger partial charge is 0.481 e. The SMILES string of the molecule is C=CCOC(=O)N[C@@H]1[C@H](O)[C@H](O[C@H]2/C=C/C=C/C=C/C=C/C=C/C=C/C=C/C(C)[C@@H](O)[C@@H](C)[C@H](C)OC(=O)C[C@H](O)C[C@H](O)CC[C@@H](O)[C@H](O)C[C@H](O)C[C@]3(O)C[C@H](OC(=O)OCC=C)[C@@H](C(=O)O)[C@H](C2)O3)O[C@H](C)[C@H]1O. The van der Waals surface area contributed by atoms with E-state index < -0.39 is 166 Å². The third-order valence-electron chi connectivity index (χ3n) is 13.1. The second kappa shape index (κ2) is 33.8. The Morgan fingerprint density at radius 2 is 1.29 bits per heavy atom. The van der Waals surface area contributed by atoms with Crippen molar-refractivity contribution in [2.45, 2.75) is 177 Å². The summed E-state index contributed by atoms with van der Waals surface area (Å²) in [4.78, 5) is 51.2. The Kier molecular flexibility index (Phi) is 29.0. The summed E-state index contributed by atoms with van der Waals surface area (Å²) in [7, 11) is 0. The normalized spacial score (nSPS) is 39.8. The number of aliphatic hydroxyl groups excluding tert-OH is 8. The minimum absolute atomic E-state index is 0.160. The number of hydrogen-bond donors (Lipinski definition) is 11. The highest BCUT2D eigenvalue weighted by Crippen LogP contribution is 2.40. The Labute approximate surface area is 449 Å². The highest BCUT2D eigenvalue weighted by Gasteiger charge is 2.53. The molecule has 1 unspecified atom stereocenters. The molecule has 0 aromatic rings. The number of cyclic esters (lactones) is 1. The summed E-state index contributed by atoms with van der Waals surface area (Å²) in [6, 6.07) is -1.40. The van der Waals surface area contributed by atoms with Gasteiger partial charge in [-0.2, -0.15) is 0 Å². The van der Waals surface area contributed by atoms with Crippen molar-refractivity contribution < 1.29 is 103 Å². The van der Waals surface area contributed by atoms with Crippen molar-refractivity contribution in [3.05, 3.63) is 110 Å². The highest BCUT2D eigenvalue weighted by molar-refractivity contribution is 5.72. The van der Waals surface area contributed by atoms with E-state index in [-0.39, 0.29) is 38.4 Å². The lowest BCUT2D eigenvalue weighted by atomic mass is 9.82. The highest BCUT2D eigenvalue weighted by atomic mass is 16.7. The third-order valence-corrected chi connectivity index (χ3v) is 13.1. The summed E-state index contributed by atoms with van der Waals surface area (Å²) in [6.45, 7) is 13.1. The average Bonchev–Trinajstić information content (AvgIpc) is 3.36. The van der Waals surface area contributed by atoms with Crippen LogP contribution in [0.4, 0.5) is 9.59 Å². The summed E-state index contributed by atoms with van der Waals surface area (Å²) >= 11 is 0. The maximum Gasteiger partial charge on any atom is 0.508 e. The van der Waals surface area contributed by atoms with Crippen LogP contribution in [-0.4, -0.2) is 186 Å². The first-order valence-electron chi connectivity index (χ1n) is 25.7. The summed E-state index contributed by atoms with van der Waals surface area (Å²) in [5, 5.41) is 113. The number of aliphatic hydroxyl groups is 9. The van der Waals surface area contributed by atoms with Gasteiger partial charge in [0.1, 0.15) is 43.5 Å². The van der Waals surface area contributed by atoms with Crippen LogP contribution >= 0.6 is 0 Å². The van der Waals surface area contributed by atoms with Gasteiger partial charge in [-0.05, 0) is 33.1 Å².